The third kappa shape index (κ3) is 2.66. The van der Waals surface area contributed by atoms with Crippen LogP contribution in [0.25, 0.3) is 11.4 Å². The summed E-state index contributed by atoms with van der Waals surface area (Å²) in [5, 5.41) is 12.5. The first kappa shape index (κ1) is 10.8. The summed E-state index contributed by atoms with van der Waals surface area (Å²) in [5.41, 5.74) is 1.16. The summed E-state index contributed by atoms with van der Waals surface area (Å²) in [7, 11) is 0. The summed E-state index contributed by atoms with van der Waals surface area (Å²) in [6, 6.07) is 9.89. The van der Waals surface area contributed by atoms with Gasteiger partial charge in [-0.05, 0) is 10.6 Å². The molecule has 1 aromatic heterocycles. The van der Waals surface area contributed by atoms with Gasteiger partial charge >= 0.3 is 0 Å². The maximum atomic E-state index is 4.36. The second-order valence-electron chi connectivity index (χ2n) is 5.07. The van der Waals surface area contributed by atoms with Crippen LogP contribution in [-0.2, 0) is 6.54 Å². The van der Waals surface area contributed by atoms with Gasteiger partial charge in [0.15, 0.2) is 0 Å². The highest BCUT2D eigenvalue weighted by atomic mass is 15.6. The molecule has 0 radical (unpaired) electrons. The average Bonchev–Trinajstić information content (AvgIpc) is 2.65. The summed E-state index contributed by atoms with van der Waals surface area (Å²) in [5.74, 6) is 0.685. The van der Waals surface area contributed by atoms with Crippen molar-refractivity contribution in [3.63, 3.8) is 0 Å². The highest BCUT2D eigenvalue weighted by molar-refractivity contribution is 5.52. The van der Waals surface area contributed by atoms with E-state index in [1.165, 1.54) is 0 Å². The van der Waals surface area contributed by atoms with Crippen molar-refractivity contribution in [2.75, 3.05) is 0 Å². The largest absolute Gasteiger partial charge is 0.204 e. The van der Waals surface area contributed by atoms with E-state index < -0.39 is 0 Å². The molecule has 2 rings (SSSR count). The molecule has 0 bridgehead atoms. The van der Waals surface area contributed by atoms with Crippen LogP contribution in [0.3, 0.4) is 0 Å². The molecule has 1 aromatic carbocycles. The molecule has 2 aromatic rings. The van der Waals surface area contributed by atoms with E-state index in [-0.39, 0.29) is 5.41 Å². The van der Waals surface area contributed by atoms with Gasteiger partial charge in [0, 0.05) is 5.56 Å². The van der Waals surface area contributed by atoms with Gasteiger partial charge in [0.05, 0.1) is 6.54 Å². The molecule has 0 aliphatic rings. The van der Waals surface area contributed by atoms with Crippen LogP contribution < -0.4 is 0 Å². The third-order valence-corrected chi connectivity index (χ3v) is 2.10. The molecule has 0 aliphatic carbocycles. The molecule has 0 fully saturated rings. The molecule has 0 atom stereocenters. The van der Waals surface area contributed by atoms with E-state index in [1.54, 1.807) is 4.80 Å². The molecule has 1 heterocycles. The molecule has 0 aliphatic heterocycles. The van der Waals surface area contributed by atoms with E-state index in [4.69, 9.17) is 0 Å². The summed E-state index contributed by atoms with van der Waals surface area (Å²) >= 11 is 0. The van der Waals surface area contributed by atoms with Crippen molar-refractivity contribution in [2.24, 2.45) is 5.41 Å². The Kier molecular flexibility index (Phi) is 2.73. The second kappa shape index (κ2) is 4.04. The highest BCUT2D eigenvalue weighted by Crippen LogP contribution is 2.16. The van der Waals surface area contributed by atoms with Crippen LogP contribution in [0.4, 0.5) is 0 Å². The van der Waals surface area contributed by atoms with Crippen molar-refractivity contribution in [3.05, 3.63) is 30.3 Å². The van der Waals surface area contributed by atoms with E-state index >= 15 is 0 Å². The van der Waals surface area contributed by atoms with Crippen LogP contribution in [0.1, 0.15) is 20.8 Å². The second-order valence-corrected chi connectivity index (χ2v) is 5.07. The summed E-state index contributed by atoms with van der Waals surface area (Å²) in [6.07, 6.45) is 0. The maximum absolute atomic E-state index is 4.36. The number of hydrogen-bond acceptors (Lipinski definition) is 3. The van der Waals surface area contributed by atoms with Gasteiger partial charge in [0.25, 0.3) is 0 Å². The Bertz CT molecular complexity index is 453. The zero-order valence-corrected chi connectivity index (χ0v) is 9.88. The Morgan fingerprint density at radius 1 is 1.12 bits per heavy atom. The van der Waals surface area contributed by atoms with Crippen LogP contribution in [0, 0.1) is 5.41 Å². The molecule has 0 saturated heterocycles. The summed E-state index contributed by atoms with van der Waals surface area (Å²) in [4.78, 5) is 1.66. The van der Waals surface area contributed by atoms with Gasteiger partial charge in [-0.2, -0.15) is 4.80 Å². The van der Waals surface area contributed by atoms with E-state index in [0.29, 0.717) is 5.82 Å². The van der Waals surface area contributed by atoms with Crippen LogP contribution in [-0.4, -0.2) is 20.2 Å². The fourth-order valence-electron chi connectivity index (χ4n) is 1.44. The molecular formula is C12H16N4. The Labute approximate surface area is 95.3 Å². The maximum Gasteiger partial charge on any atom is 0.204 e. The standard InChI is InChI=1S/C12H16N4/c1-12(2,3)9-16-14-11(13-15-16)10-7-5-4-6-8-10/h4-8H,9H2,1-3H3. The Hall–Kier alpha value is -1.71. The monoisotopic (exact) mass is 216 g/mol. The predicted molar refractivity (Wildman–Crippen MR) is 62.7 cm³/mol. The van der Waals surface area contributed by atoms with E-state index in [1.807, 2.05) is 30.3 Å². The highest BCUT2D eigenvalue weighted by Gasteiger charge is 2.14. The van der Waals surface area contributed by atoms with Gasteiger partial charge in [-0.3, -0.25) is 0 Å². The SMILES string of the molecule is CC(C)(C)Cn1nnc(-c2ccccc2)n1. The fraction of sp³-hybridized carbons (Fsp3) is 0.417. The topological polar surface area (TPSA) is 43.6 Å². The van der Waals surface area contributed by atoms with E-state index in [0.717, 1.165) is 12.1 Å². The van der Waals surface area contributed by atoms with Gasteiger partial charge in [-0.1, -0.05) is 51.1 Å². The number of rotatable bonds is 2. The van der Waals surface area contributed by atoms with Crippen molar-refractivity contribution < 1.29 is 0 Å². The number of nitrogens with zero attached hydrogens (tertiary/aromatic N) is 4. The lowest BCUT2D eigenvalue weighted by molar-refractivity contribution is 0.300. The van der Waals surface area contributed by atoms with Crippen molar-refractivity contribution in [1.82, 2.24) is 20.2 Å². The minimum Gasteiger partial charge on any atom is -0.163 e. The van der Waals surface area contributed by atoms with Crippen LogP contribution in [0.15, 0.2) is 30.3 Å². The average molecular weight is 216 g/mol. The van der Waals surface area contributed by atoms with Crippen molar-refractivity contribution >= 4 is 0 Å². The molecule has 4 nitrogen and oxygen atoms in total. The molecule has 0 N–H and O–H groups in total. The number of aromatic nitrogens is 4. The predicted octanol–water partition coefficient (Wildman–Crippen LogP) is 2.39. The van der Waals surface area contributed by atoms with Crippen LogP contribution in [0.5, 0.6) is 0 Å². The molecule has 4 heteroatoms. The van der Waals surface area contributed by atoms with Crippen molar-refractivity contribution in [2.45, 2.75) is 27.3 Å². The van der Waals surface area contributed by atoms with Crippen LogP contribution in [0.2, 0.25) is 0 Å². The fourth-order valence-corrected chi connectivity index (χ4v) is 1.44. The molecular weight excluding hydrogens is 200 g/mol. The lowest BCUT2D eigenvalue weighted by Crippen LogP contribution is -2.17. The summed E-state index contributed by atoms with van der Waals surface area (Å²) < 4.78 is 0. The van der Waals surface area contributed by atoms with E-state index in [2.05, 4.69) is 36.2 Å². The number of hydrogen-bond donors (Lipinski definition) is 0. The summed E-state index contributed by atoms with van der Waals surface area (Å²) in [6.45, 7) is 7.22. The first-order valence-corrected chi connectivity index (χ1v) is 5.38. The van der Waals surface area contributed by atoms with Gasteiger partial charge in [0.2, 0.25) is 5.82 Å². The van der Waals surface area contributed by atoms with Gasteiger partial charge in [-0.15, -0.1) is 10.2 Å². The Morgan fingerprint density at radius 2 is 1.81 bits per heavy atom. The lowest BCUT2D eigenvalue weighted by Gasteiger charge is -2.15. The number of benzene rings is 1. The Balaban J connectivity index is 2.21. The van der Waals surface area contributed by atoms with E-state index in [9.17, 15) is 0 Å². The molecule has 0 spiro atoms. The first-order chi connectivity index (χ1) is 7.54. The lowest BCUT2D eigenvalue weighted by atomic mass is 9.97. The molecule has 16 heavy (non-hydrogen) atoms. The van der Waals surface area contributed by atoms with Crippen LogP contribution >= 0.6 is 0 Å². The third-order valence-electron chi connectivity index (χ3n) is 2.10. The van der Waals surface area contributed by atoms with Crippen molar-refractivity contribution in [3.8, 4) is 11.4 Å². The van der Waals surface area contributed by atoms with Gasteiger partial charge < -0.3 is 0 Å². The zero-order valence-electron chi connectivity index (χ0n) is 9.88. The molecule has 0 saturated carbocycles. The molecule has 0 amide bonds. The minimum atomic E-state index is 0.161. The van der Waals surface area contributed by atoms with Crippen molar-refractivity contribution in [1.29, 1.82) is 0 Å². The molecule has 84 valence electrons. The normalized spacial score (nSPS) is 11.7. The first-order valence-electron chi connectivity index (χ1n) is 5.38. The quantitative estimate of drug-likeness (QED) is 0.774. The van der Waals surface area contributed by atoms with Gasteiger partial charge in [0.1, 0.15) is 0 Å². The molecule has 0 unspecified atom stereocenters. The number of tetrazole rings is 1. The smallest absolute Gasteiger partial charge is 0.163 e. The van der Waals surface area contributed by atoms with Gasteiger partial charge in [-0.25, -0.2) is 0 Å². The minimum absolute atomic E-state index is 0.161. The zero-order chi connectivity index (χ0) is 11.6. The Morgan fingerprint density at radius 3 is 2.44 bits per heavy atom.